The van der Waals surface area contributed by atoms with Gasteiger partial charge in [0.25, 0.3) is 0 Å². The lowest BCUT2D eigenvalue weighted by Gasteiger charge is -2.08. The summed E-state index contributed by atoms with van der Waals surface area (Å²) in [5.74, 6) is 1.30. The average Bonchev–Trinajstić information content (AvgIpc) is 3.46. The number of anilines is 1. The molecule has 0 aliphatic carbocycles. The zero-order valence-corrected chi connectivity index (χ0v) is 20.8. The lowest BCUT2D eigenvalue weighted by atomic mass is 9.99. The van der Waals surface area contributed by atoms with Crippen molar-refractivity contribution in [1.82, 2.24) is 9.38 Å². The third-order valence-corrected chi connectivity index (χ3v) is 6.99. The van der Waals surface area contributed by atoms with E-state index in [0.29, 0.717) is 28.4 Å². The topological polar surface area (TPSA) is 78.9 Å². The summed E-state index contributed by atoms with van der Waals surface area (Å²) in [7, 11) is 3.25. The highest BCUT2D eigenvalue weighted by molar-refractivity contribution is 7.13. The van der Waals surface area contributed by atoms with E-state index in [9.17, 15) is 4.79 Å². The third-order valence-electron chi connectivity index (χ3n) is 6.13. The second-order valence-electron chi connectivity index (χ2n) is 8.34. The maximum atomic E-state index is 13.7. The molecule has 0 radical (unpaired) electrons. The molecule has 0 aliphatic rings. The molecule has 3 aromatic heterocycles. The van der Waals surface area contributed by atoms with Gasteiger partial charge in [-0.25, -0.2) is 4.98 Å². The predicted molar refractivity (Wildman–Crippen MR) is 141 cm³/mol. The normalized spacial score (nSPS) is 11.1. The number of hydrogen-bond donors (Lipinski definition) is 1. The monoisotopic (exact) mass is 483 g/mol. The van der Waals surface area contributed by atoms with Crippen LogP contribution >= 0.6 is 11.3 Å². The number of nitrogens with two attached hydrogens (primary N) is 1. The number of nitrogen functional groups attached to an aromatic ring is 1. The van der Waals surface area contributed by atoms with E-state index in [-0.39, 0.29) is 5.78 Å². The van der Waals surface area contributed by atoms with Crippen LogP contribution in [0.4, 0.5) is 5.69 Å². The Morgan fingerprint density at radius 2 is 1.86 bits per heavy atom. The summed E-state index contributed by atoms with van der Waals surface area (Å²) in [6, 6.07) is 17.3. The minimum atomic E-state index is -0.109. The van der Waals surface area contributed by atoms with E-state index in [0.717, 1.165) is 38.5 Å². The fourth-order valence-electron chi connectivity index (χ4n) is 4.32. The first-order valence-electron chi connectivity index (χ1n) is 11.1. The average molecular weight is 484 g/mol. The Morgan fingerprint density at radius 3 is 2.63 bits per heavy atom. The van der Waals surface area contributed by atoms with Crippen molar-refractivity contribution in [2.45, 2.75) is 13.8 Å². The van der Waals surface area contributed by atoms with Crippen molar-refractivity contribution in [3.8, 4) is 33.3 Å². The Kier molecular flexibility index (Phi) is 5.78. The molecule has 0 saturated heterocycles. The van der Waals surface area contributed by atoms with Crippen molar-refractivity contribution in [2.75, 3.05) is 20.0 Å². The van der Waals surface area contributed by atoms with Crippen LogP contribution in [0.3, 0.4) is 0 Å². The van der Waals surface area contributed by atoms with E-state index < -0.39 is 0 Å². The largest absolute Gasteiger partial charge is 0.497 e. The van der Waals surface area contributed by atoms with Gasteiger partial charge in [0, 0.05) is 22.7 Å². The number of benzene rings is 2. The van der Waals surface area contributed by atoms with Crippen molar-refractivity contribution < 1.29 is 14.3 Å². The second kappa shape index (κ2) is 8.92. The number of carbonyl (C=O) groups is 1. The summed E-state index contributed by atoms with van der Waals surface area (Å²) < 4.78 is 12.8. The zero-order chi connectivity index (χ0) is 24.7. The van der Waals surface area contributed by atoms with E-state index in [1.54, 1.807) is 14.2 Å². The molecule has 0 fully saturated rings. The van der Waals surface area contributed by atoms with Crippen LogP contribution in [0, 0.1) is 13.8 Å². The molecule has 2 aromatic carbocycles. The van der Waals surface area contributed by atoms with Crippen LogP contribution in [-0.2, 0) is 0 Å². The number of aryl methyl sites for hydroxylation is 2. The van der Waals surface area contributed by atoms with Crippen molar-refractivity contribution in [3.05, 3.63) is 88.6 Å². The molecule has 7 heteroatoms. The highest BCUT2D eigenvalue weighted by atomic mass is 32.1. The Bertz CT molecular complexity index is 1580. The van der Waals surface area contributed by atoms with Crippen LogP contribution in [0.2, 0.25) is 0 Å². The number of ketones is 1. The lowest BCUT2D eigenvalue weighted by molar-refractivity contribution is 0.103. The molecule has 6 nitrogen and oxygen atoms in total. The summed E-state index contributed by atoms with van der Waals surface area (Å²) in [5.41, 5.74) is 13.3. The molecule has 0 amide bonds. The van der Waals surface area contributed by atoms with Gasteiger partial charge in [0.1, 0.15) is 22.2 Å². The van der Waals surface area contributed by atoms with Gasteiger partial charge in [0.2, 0.25) is 5.78 Å². The summed E-state index contributed by atoms with van der Waals surface area (Å²) in [6.45, 7) is 3.92. The molecule has 0 spiro atoms. The molecule has 0 atom stereocenters. The lowest BCUT2D eigenvalue weighted by Crippen LogP contribution is -2.09. The molecule has 3 heterocycles. The Hall–Kier alpha value is -4.10. The Labute approximate surface area is 207 Å². The number of ether oxygens (including phenoxy) is 2. The number of methoxy groups -OCH3 is 2. The first-order valence-corrected chi connectivity index (χ1v) is 12.0. The number of hydrogen-bond acceptors (Lipinski definition) is 6. The highest BCUT2D eigenvalue weighted by Gasteiger charge is 2.26. The first kappa shape index (κ1) is 22.7. The maximum absolute atomic E-state index is 13.7. The van der Waals surface area contributed by atoms with E-state index >= 15 is 0 Å². The van der Waals surface area contributed by atoms with Crippen LogP contribution in [0.25, 0.3) is 27.3 Å². The SMILES string of the molecule is COc1ccc(OC)c(-c2csc(-c3c(N)c(C(=O)c4cc(C)ccc4C)n4ccccc34)n2)c1. The van der Waals surface area contributed by atoms with Crippen LogP contribution in [0.5, 0.6) is 11.5 Å². The van der Waals surface area contributed by atoms with Gasteiger partial charge in [0.05, 0.1) is 36.7 Å². The summed E-state index contributed by atoms with van der Waals surface area (Å²) in [6.07, 6.45) is 1.87. The maximum Gasteiger partial charge on any atom is 0.212 e. The van der Waals surface area contributed by atoms with Gasteiger partial charge >= 0.3 is 0 Å². The molecule has 35 heavy (non-hydrogen) atoms. The Morgan fingerprint density at radius 1 is 1.03 bits per heavy atom. The number of nitrogens with zero attached hydrogens (tertiary/aromatic N) is 2. The van der Waals surface area contributed by atoms with Crippen LogP contribution < -0.4 is 15.2 Å². The zero-order valence-electron chi connectivity index (χ0n) is 20.0. The number of thiazole rings is 1. The molecule has 0 unspecified atom stereocenters. The molecule has 0 saturated carbocycles. The molecule has 0 bridgehead atoms. The van der Waals surface area contributed by atoms with Crippen LogP contribution in [-0.4, -0.2) is 29.4 Å². The quantitative estimate of drug-likeness (QED) is 0.292. The van der Waals surface area contributed by atoms with Gasteiger partial charge in [0.15, 0.2) is 0 Å². The fourth-order valence-corrected chi connectivity index (χ4v) is 5.21. The molecule has 5 rings (SSSR count). The fraction of sp³-hybridized carbons (Fsp3) is 0.143. The molecular weight excluding hydrogens is 458 g/mol. The van der Waals surface area contributed by atoms with Crippen molar-refractivity contribution >= 4 is 28.3 Å². The number of pyridine rings is 1. The van der Waals surface area contributed by atoms with E-state index in [4.69, 9.17) is 20.2 Å². The summed E-state index contributed by atoms with van der Waals surface area (Å²) >= 11 is 1.47. The Balaban J connectivity index is 1.68. The van der Waals surface area contributed by atoms with Gasteiger partial charge < -0.3 is 19.6 Å². The van der Waals surface area contributed by atoms with Crippen molar-refractivity contribution in [1.29, 1.82) is 0 Å². The molecule has 5 aromatic rings. The van der Waals surface area contributed by atoms with Gasteiger partial charge in [-0.2, -0.15) is 0 Å². The number of aromatic nitrogens is 2. The number of carbonyl (C=O) groups excluding carboxylic acids is 1. The smallest absolute Gasteiger partial charge is 0.212 e. The van der Waals surface area contributed by atoms with Crippen LogP contribution in [0.1, 0.15) is 27.2 Å². The molecule has 0 aliphatic heterocycles. The highest BCUT2D eigenvalue weighted by Crippen LogP contribution is 2.41. The predicted octanol–water partition coefficient (Wildman–Crippen LogP) is 6.18. The molecule has 2 N–H and O–H groups in total. The first-order chi connectivity index (χ1) is 16.9. The summed E-state index contributed by atoms with van der Waals surface area (Å²) in [4.78, 5) is 18.6. The van der Waals surface area contributed by atoms with E-state index in [1.165, 1.54) is 11.3 Å². The van der Waals surface area contributed by atoms with Crippen LogP contribution in [0.15, 0.2) is 66.2 Å². The third kappa shape index (κ3) is 3.84. The van der Waals surface area contributed by atoms with Gasteiger partial charge in [-0.05, 0) is 55.8 Å². The molecular formula is C28H25N3O3S. The number of rotatable bonds is 6. The summed E-state index contributed by atoms with van der Waals surface area (Å²) in [5, 5.41) is 2.69. The number of fused-ring (bicyclic) bond motifs is 1. The van der Waals surface area contributed by atoms with Crippen molar-refractivity contribution in [3.63, 3.8) is 0 Å². The van der Waals surface area contributed by atoms with E-state index in [1.807, 2.05) is 84.4 Å². The minimum absolute atomic E-state index is 0.109. The van der Waals surface area contributed by atoms with Gasteiger partial charge in [-0.1, -0.05) is 23.8 Å². The van der Waals surface area contributed by atoms with Gasteiger partial charge in [-0.15, -0.1) is 11.3 Å². The van der Waals surface area contributed by atoms with E-state index in [2.05, 4.69) is 0 Å². The standard InChI is InChI=1S/C28H25N3O3S/c1-16-8-9-17(2)19(13-16)27(32)26-25(29)24(22-7-5-6-12-31(22)26)28-30-21(15-35-28)20-14-18(33-3)10-11-23(20)34-4/h5-15H,29H2,1-4H3. The van der Waals surface area contributed by atoms with Gasteiger partial charge in [-0.3, -0.25) is 4.79 Å². The minimum Gasteiger partial charge on any atom is -0.497 e. The second-order valence-corrected chi connectivity index (χ2v) is 9.20. The molecule has 176 valence electrons. The van der Waals surface area contributed by atoms with Crippen molar-refractivity contribution in [2.24, 2.45) is 0 Å².